The molecule has 5 heterocycles. The molecule has 4 aliphatic rings. The average molecular weight is 368 g/mol. The van der Waals surface area contributed by atoms with Crippen LogP contribution >= 0.6 is 11.6 Å². The molecule has 4 aliphatic heterocycles. The molecule has 4 fully saturated rings. The molecule has 0 saturated carbocycles. The van der Waals surface area contributed by atoms with Crippen LogP contribution in [0.15, 0.2) is 48.7 Å². The molecule has 2 aromatic rings. The summed E-state index contributed by atoms with van der Waals surface area (Å²) in [5, 5.41) is 0.561. The smallest absolute Gasteiger partial charge is 0.272 e. The molecule has 2 bridgehead atoms. The van der Waals surface area contributed by atoms with Crippen molar-refractivity contribution in [1.29, 1.82) is 0 Å². The molecular weight excluding hydrogens is 346 g/mol. The first-order valence-corrected chi connectivity index (χ1v) is 9.82. The van der Waals surface area contributed by atoms with Gasteiger partial charge in [-0.3, -0.25) is 9.69 Å². The average Bonchev–Trinajstić information content (AvgIpc) is 3.12. The number of piperidine rings is 3. The number of carbonyl (C=O) groups is 1. The number of halogens is 1. The Morgan fingerprint density at radius 1 is 1.04 bits per heavy atom. The van der Waals surface area contributed by atoms with Crippen LogP contribution in [0.5, 0.6) is 0 Å². The van der Waals surface area contributed by atoms with Crippen molar-refractivity contribution in [3.05, 3.63) is 64.9 Å². The molecule has 0 spiro atoms. The number of amides is 1. The van der Waals surface area contributed by atoms with E-state index >= 15 is 0 Å². The third-order valence-electron chi connectivity index (χ3n) is 6.43. The highest BCUT2D eigenvalue weighted by Crippen LogP contribution is 2.46. The van der Waals surface area contributed by atoms with Crippen LogP contribution in [-0.2, 0) is 0 Å². The zero-order valence-corrected chi connectivity index (χ0v) is 15.3. The van der Waals surface area contributed by atoms with E-state index in [1.165, 1.54) is 18.4 Å². The Morgan fingerprint density at radius 2 is 1.81 bits per heavy atom. The van der Waals surface area contributed by atoms with Crippen LogP contribution in [0.4, 0.5) is 0 Å². The van der Waals surface area contributed by atoms with Crippen LogP contribution in [0.2, 0.25) is 5.02 Å². The molecule has 0 unspecified atom stereocenters. The second kappa shape index (κ2) is 6.36. The van der Waals surface area contributed by atoms with Gasteiger partial charge in [-0.15, -0.1) is 0 Å². The minimum absolute atomic E-state index is 0.0452. The Morgan fingerprint density at radius 3 is 2.50 bits per heavy atom. The molecular formula is C21H22ClN3O. The number of nitrogens with zero attached hydrogens (tertiary/aromatic N) is 3. The topological polar surface area (TPSA) is 36.4 Å². The summed E-state index contributed by atoms with van der Waals surface area (Å²) in [6.07, 6.45) is 3.95. The maximum atomic E-state index is 13.3. The Bertz CT molecular complexity index is 802. The van der Waals surface area contributed by atoms with Crippen molar-refractivity contribution in [3.63, 3.8) is 0 Å². The molecule has 134 valence electrons. The monoisotopic (exact) mass is 367 g/mol. The highest BCUT2D eigenvalue weighted by atomic mass is 35.5. The van der Waals surface area contributed by atoms with Gasteiger partial charge in [-0.2, -0.15) is 0 Å². The van der Waals surface area contributed by atoms with Crippen LogP contribution in [0, 0.1) is 5.92 Å². The predicted octanol–water partition coefficient (Wildman–Crippen LogP) is 3.44. The number of fused-ring (bicyclic) bond motifs is 2. The van der Waals surface area contributed by atoms with Crippen molar-refractivity contribution >= 4 is 17.5 Å². The van der Waals surface area contributed by atoms with Crippen LogP contribution < -0.4 is 0 Å². The van der Waals surface area contributed by atoms with E-state index in [0.717, 1.165) is 19.6 Å². The number of benzene rings is 1. The first-order valence-electron chi connectivity index (χ1n) is 9.44. The zero-order valence-electron chi connectivity index (χ0n) is 14.6. The molecule has 0 radical (unpaired) electrons. The number of pyridine rings is 1. The summed E-state index contributed by atoms with van der Waals surface area (Å²) in [7, 11) is 0. The van der Waals surface area contributed by atoms with Crippen molar-refractivity contribution in [3.8, 4) is 0 Å². The van der Waals surface area contributed by atoms with E-state index in [1.807, 2.05) is 0 Å². The maximum Gasteiger partial charge on any atom is 0.272 e. The fourth-order valence-electron chi connectivity index (χ4n) is 5.30. The highest BCUT2D eigenvalue weighted by Gasteiger charge is 2.54. The lowest BCUT2D eigenvalue weighted by Gasteiger charge is -2.51. The Balaban J connectivity index is 1.52. The maximum absolute atomic E-state index is 13.3. The number of rotatable bonds is 2. The van der Waals surface area contributed by atoms with Gasteiger partial charge in [0.1, 0.15) is 5.69 Å². The third-order valence-corrected chi connectivity index (χ3v) is 6.65. The van der Waals surface area contributed by atoms with Gasteiger partial charge in [0.15, 0.2) is 0 Å². The lowest BCUT2D eigenvalue weighted by molar-refractivity contribution is -0.00358. The standard InChI is InChI=1S/C21H22ClN3O/c22-16-6-7-18(23-12-16)21(26)25-13-17(14-4-2-1-3-5-14)20-19(25)15-8-10-24(20)11-9-15/h1-7,12,15,17,19-20H,8-11,13H2/t17-,19+,20+/m1/s1. The fourth-order valence-corrected chi connectivity index (χ4v) is 5.41. The van der Waals surface area contributed by atoms with Gasteiger partial charge in [0.25, 0.3) is 5.91 Å². The van der Waals surface area contributed by atoms with E-state index < -0.39 is 0 Å². The van der Waals surface area contributed by atoms with Gasteiger partial charge < -0.3 is 4.90 Å². The van der Waals surface area contributed by atoms with Gasteiger partial charge in [-0.25, -0.2) is 4.98 Å². The SMILES string of the molecule is O=C(c1ccc(Cl)cn1)N1C[C@H](c2ccccc2)[C@H]2[C@@H]1C1CCN2CC1. The third kappa shape index (κ3) is 2.55. The van der Waals surface area contributed by atoms with Gasteiger partial charge in [0, 0.05) is 24.7 Å². The molecule has 4 nitrogen and oxygen atoms in total. The minimum Gasteiger partial charge on any atom is -0.332 e. The first-order chi connectivity index (χ1) is 12.7. The molecule has 6 rings (SSSR count). The number of hydrogen-bond donors (Lipinski definition) is 0. The molecule has 0 aliphatic carbocycles. The molecule has 3 atom stereocenters. The molecule has 26 heavy (non-hydrogen) atoms. The summed E-state index contributed by atoms with van der Waals surface area (Å²) in [6.45, 7) is 3.10. The van der Waals surface area contributed by atoms with Crippen molar-refractivity contribution in [1.82, 2.24) is 14.8 Å². The molecule has 1 amide bonds. The van der Waals surface area contributed by atoms with Gasteiger partial charge in [-0.1, -0.05) is 41.9 Å². The summed E-state index contributed by atoms with van der Waals surface area (Å²) in [4.78, 5) is 22.3. The fraction of sp³-hybridized carbons (Fsp3) is 0.429. The van der Waals surface area contributed by atoms with E-state index in [-0.39, 0.29) is 5.91 Å². The van der Waals surface area contributed by atoms with Crippen molar-refractivity contribution in [2.24, 2.45) is 5.92 Å². The van der Waals surface area contributed by atoms with Gasteiger partial charge >= 0.3 is 0 Å². The minimum atomic E-state index is 0.0452. The predicted molar refractivity (Wildman–Crippen MR) is 101 cm³/mol. The Labute approximate surface area is 158 Å². The zero-order chi connectivity index (χ0) is 17.7. The highest BCUT2D eigenvalue weighted by molar-refractivity contribution is 6.30. The number of likely N-dealkylation sites (tertiary alicyclic amines) is 1. The van der Waals surface area contributed by atoms with Gasteiger partial charge in [0.2, 0.25) is 0 Å². The molecule has 4 saturated heterocycles. The lowest BCUT2D eigenvalue weighted by atomic mass is 9.75. The largest absolute Gasteiger partial charge is 0.332 e. The van der Waals surface area contributed by atoms with Crippen LogP contribution in [0.25, 0.3) is 0 Å². The second-order valence-electron chi connectivity index (χ2n) is 7.69. The summed E-state index contributed by atoms with van der Waals surface area (Å²) in [6, 6.07) is 14.9. The summed E-state index contributed by atoms with van der Waals surface area (Å²) < 4.78 is 0. The van der Waals surface area contributed by atoms with E-state index in [9.17, 15) is 4.79 Å². The van der Waals surface area contributed by atoms with Crippen molar-refractivity contribution < 1.29 is 4.79 Å². The second-order valence-corrected chi connectivity index (χ2v) is 8.13. The van der Waals surface area contributed by atoms with Crippen molar-refractivity contribution in [2.45, 2.75) is 30.8 Å². The van der Waals surface area contributed by atoms with E-state index in [4.69, 9.17) is 11.6 Å². The van der Waals surface area contributed by atoms with Crippen LogP contribution in [-0.4, -0.2) is 52.4 Å². The Kier molecular flexibility index (Phi) is 3.98. The van der Waals surface area contributed by atoms with E-state index in [1.54, 1.807) is 18.3 Å². The van der Waals surface area contributed by atoms with Crippen molar-refractivity contribution in [2.75, 3.05) is 19.6 Å². The summed E-state index contributed by atoms with van der Waals surface area (Å²) in [5.74, 6) is 1.03. The number of carbonyl (C=O) groups excluding carboxylic acids is 1. The number of hydrogen-bond acceptors (Lipinski definition) is 3. The van der Waals surface area contributed by atoms with Gasteiger partial charge in [-0.05, 0) is 49.5 Å². The molecule has 5 heteroatoms. The van der Waals surface area contributed by atoms with Gasteiger partial charge in [0.05, 0.1) is 11.1 Å². The molecule has 0 N–H and O–H groups in total. The van der Waals surface area contributed by atoms with E-state index in [0.29, 0.717) is 34.6 Å². The molecule has 1 aromatic carbocycles. The first kappa shape index (κ1) is 16.3. The van der Waals surface area contributed by atoms with E-state index in [2.05, 4.69) is 45.1 Å². The lowest BCUT2D eigenvalue weighted by Crippen LogP contribution is -2.60. The summed E-state index contributed by atoms with van der Waals surface area (Å²) in [5.41, 5.74) is 1.84. The summed E-state index contributed by atoms with van der Waals surface area (Å²) >= 11 is 5.95. The molecule has 1 aromatic heterocycles. The number of aromatic nitrogens is 1. The van der Waals surface area contributed by atoms with Crippen LogP contribution in [0.1, 0.15) is 34.8 Å². The Hall–Kier alpha value is -1.91. The normalized spacial score (nSPS) is 32.5. The van der Waals surface area contributed by atoms with Crippen LogP contribution in [0.3, 0.4) is 0 Å². The quantitative estimate of drug-likeness (QED) is 0.815.